The Morgan fingerprint density at radius 1 is 1.40 bits per heavy atom. The van der Waals surface area contributed by atoms with E-state index in [4.69, 9.17) is 4.74 Å². The average Bonchev–Trinajstić information content (AvgIpc) is 2.85. The maximum Gasteiger partial charge on any atom is 0.164 e. The third-order valence-corrected chi connectivity index (χ3v) is 3.10. The van der Waals surface area contributed by atoms with Crippen molar-refractivity contribution in [1.82, 2.24) is 14.8 Å². The van der Waals surface area contributed by atoms with E-state index in [9.17, 15) is 5.11 Å². The van der Waals surface area contributed by atoms with Gasteiger partial charge in [0.05, 0.1) is 6.10 Å². The van der Waals surface area contributed by atoms with Crippen molar-refractivity contribution in [3.8, 4) is 5.75 Å². The normalized spacial score (nSPS) is 12.4. The number of rotatable bonds is 6. The Morgan fingerprint density at radius 2 is 2.20 bits per heavy atom. The highest BCUT2D eigenvalue weighted by molar-refractivity contribution is 5.38. The van der Waals surface area contributed by atoms with E-state index >= 15 is 0 Å². The van der Waals surface area contributed by atoms with Crippen molar-refractivity contribution in [2.24, 2.45) is 0 Å². The standard InChI is InChI=1S/C15H21N3O2/c1-4-7-18-15(16-10-17-18)9-20-14-6-5-11(2)8-13(14)12(3)19/h5-6,8,10,12,19H,4,7,9H2,1-3H3/t12-/m0/s1. The minimum Gasteiger partial charge on any atom is -0.485 e. The Morgan fingerprint density at radius 3 is 2.90 bits per heavy atom. The van der Waals surface area contributed by atoms with Gasteiger partial charge in [0.1, 0.15) is 18.7 Å². The van der Waals surface area contributed by atoms with Gasteiger partial charge in [-0.15, -0.1) is 0 Å². The van der Waals surface area contributed by atoms with Gasteiger partial charge in [-0.2, -0.15) is 5.10 Å². The number of hydrogen-bond acceptors (Lipinski definition) is 4. The van der Waals surface area contributed by atoms with E-state index in [0.29, 0.717) is 12.4 Å². The predicted octanol–water partition coefficient (Wildman–Crippen LogP) is 2.63. The van der Waals surface area contributed by atoms with Crippen LogP contribution in [0.25, 0.3) is 0 Å². The molecule has 2 aromatic rings. The lowest BCUT2D eigenvalue weighted by atomic mass is 10.1. The van der Waals surface area contributed by atoms with Crippen LogP contribution in [-0.2, 0) is 13.2 Å². The number of aryl methyl sites for hydroxylation is 2. The van der Waals surface area contributed by atoms with Gasteiger partial charge in [0.25, 0.3) is 0 Å². The number of aliphatic hydroxyl groups is 1. The molecule has 0 aliphatic rings. The molecule has 0 saturated carbocycles. The Balaban J connectivity index is 2.12. The van der Waals surface area contributed by atoms with Gasteiger partial charge in [0, 0.05) is 12.1 Å². The molecule has 0 saturated heterocycles. The summed E-state index contributed by atoms with van der Waals surface area (Å²) >= 11 is 0. The van der Waals surface area contributed by atoms with Crippen molar-refractivity contribution in [3.63, 3.8) is 0 Å². The quantitative estimate of drug-likeness (QED) is 0.880. The summed E-state index contributed by atoms with van der Waals surface area (Å²) in [6.45, 7) is 7.01. The molecule has 0 spiro atoms. The summed E-state index contributed by atoms with van der Waals surface area (Å²) in [4.78, 5) is 4.21. The highest BCUT2D eigenvalue weighted by Gasteiger charge is 2.11. The summed E-state index contributed by atoms with van der Waals surface area (Å²) in [7, 11) is 0. The summed E-state index contributed by atoms with van der Waals surface area (Å²) in [5, 5.41) is 14.0. The third-order valence-electron chi connectivity index (χ3n) is 3.10. The molecule has 1 aromatic carbocycles. The van der Waals surface area contributed by atoms with E-state index in [0.717, 1.165) is 29.9 Å². The van der Waals surface area contributed by atoms with Crippen molar-refractivity contribution < 1.29 is 9.84 Å². The Kier molecular flexibility index (Phi) is 4.74. The minimum atomic E-state index is -0.557. The first-order valence-electron chi connectivity index (χ1n) is 6.90. The van der Waals surface area contributed by atoms with Crippen LogP contribution in [0.3, 0.4) is 0 Å². The summed E-state index contributed by atoms with van der Waals surface area (Å²) in [6.07, 6.45) is 1.98. The van der Waals surface area contributed by atoms with Gasteiger partial charge in [-0.05, 0) is 32.4 Å². The first-order chi connectivity index (χ1) is 9.61. The van der Waals surface area contributed by atoms with Crippen molar-refractivity contribution in [2.75, 3.05) is 0 Å². The molecule has 0 unspecified atom stereocenters. The number of ether oxygens (including phenoxy) is 1. The molecule has 1 N–H and O–H groups in total. The molecule has 0 aliphatic heterocycles. The Labute approximate surface area is 119 Å². The van der Waals surface area contributed by atoms with Gasteiger partial charge in [-0.3, -0.25) is 0 Å². The molecule has 108 valence electrons. The van der Waals surface area contributed by atoms with Crippen molar-refractivity contribution in [1.29, 1.82) is 0 Å². The topological polar surface area (TPSA) is 60.2 Å². The molecule has 1 atom stereocenters. The number of aromatic nitrogens is 3. The zero-order valence-electron chi connectivity index (χ0n) is 12.2. The van der Waals surface area contributed by atoms with Crippen LogP contribution < -0.4 is 4.74 Å². The molecule has 1 heterocycles. The van der Waals surface area contributed by atoms with Crippen molar-refractivity contribution in [3.05, 3.63) is 41.5 Å². The van der Waals surface area contributed by atoms with Crippen molar-refractivity contribution >= 4 is 0 Å². The van der Waals surface area contributed by atoms with Crippen LogP contribution in [0, 0.1) is 6.92 Å². The average molecular weight is 275 g/mol. The highest BCUT2D eigenvalue weighted by Crippen LogP contribution is 2.26. The molecule has 1 aromatic heterocycles. The van der Waals surface area contributed by atoms with E-state index < -0.39 is 6.10 Å². The summed E-state index contributed by atoms with van der Waals surface area (Å²) in [5.74, 6) is 1.49. The zero-order valence-corrected chi connectivity index (χ0v) is 12.2. The molecule has 0 amide bonds. The molecule has 0 fully saturated rings. The van der Waals surface area contributed by atoms with Crippen molar-refractivity contribution in [2.45, 2.75) is 46.4 Å². The Bertz CT molecular complexity index is 564. The molecule has 5 heteroatoms. The van der Waals surface area contributed by atoms with E-state index in [-0.39, 0.29) is 0 Å². The number of aliphatic hydroxyl groups excluding tert-OH is 1. The molecular weight excluding hydrogens is 254 g/mol. The smallest absolute Gasteiger partial charge is 0.164 e. The molecule has 0 bridgehead atoms. The third kappa shape index (κ3) is 3.36. The van der Waals surface area contributed by atoms with Gasteiger partial charge < -0.3 is 9.84 Å². The molecule has 2 rings (SSSR count). The second-order valence-electron chi connectivity index (χ2n) is 4.91. The van der Waals surface area contributed by atoms with Crippen LogP contribution in [0.1, 0.15) is 43.3 Å². The van der Waals surface area contributed by atoms with Crippen LogP contribution in [0.4, 0.5) is 0 Å². The van der Waals surface area contributed by atoms with E-state index in [1.54, 1.807) is 13.3 Å². The minimum absolute atomic E-state index is 0.350. The molecule has 5 nitrogen and oxygen atoms in total. The lowest BCUT2D eigenvalue weighted by Gasteiger charge is -2.14. The fourth-order valence-corrected chi connectivity index (χ4v) is 2.07. The van der Waals surface area contributed by atoms with E-state index in [1.807, 2.05) is 29.8 Å². The predicted molar refractivity (Wildman–Crippen MR) is 76.5 cm³/mol. The maximum atomic E-state index is 9.81. The summed E-state index contributed by atoms with van der Waals surface area (Å²) in [5.41, 5.74) is 1.90. The van der Waals surface area contributed by atoms with Gasteiger partial charge in [-0.1, -0.05) is 18.6 Å². The van der Waals surface area contributed by atoms with Gasteiger partial charge in [0.15, 0.2) is 5.82 Å². The van der Waals surface area contributed by atoms with Crippen LogP contribution in [0.15, 0.2) is 24.5 Å². The van der Waals surface area contributed by atoms with Gasteiger partial charge in [-0.25, -0.2) is 9.67 Å². The molecule has 0 radical (unpaired) electrons. The van der Waals surface area contributed by atoms with Gasteiger partial charge in [0.2, 0.25) is 0 Å². The van der Waals surface area contributed by atoms with Gasteiger partial charge >= 0.3 is 0 Å². The van der Waals surface area contributed by atoms with E-state index in [1.165, 1.54) is 0 Å². The lowest BCUT2D eigenvalue weighted by Crippen LogP contribution is -2.09. The monoisotopic (exact) mass is 275 g/mol. The van der Waals surface area contributed by atoms with Crippen LogP contribution in [0.2, 0.25) is 0 Å². The number of benzene rings is 1. The molecule has 0 aliphatic carbocycles. The SMILES string of the molecule is CCCn1ncnc1COc1ccc(C)cc1[C@H](C)O. The maximum absolute atomic E-state index is 9.81. The summed E-state index contributed by atoms with van der Waals surface area (Å²) < 4.78 is 7.64. The zero-order chi connectivity index (χ0) is 14.5. The first-order valence-corrected chi connectivity index (χ1v) is 6.90. The second-order valence-corrected chi connectivity index (χ2v) is 4.91. The number of nitrogens with zero attached hydrogens (tertiary/aromatic N) is 3. The van der Waals surface area contributed by atoms with Crippen LogP contribution in [-0.4, -0.2) is 19.9 Å². The molecular formula is C15H21N3O2. The highest BCUT2D eigenvalue weighted by atomic mass is 16.5. The lowest BCUT2D eigenvalue weighted by molar-refractivity contribution is 0.189. The van der Waals surface area contributed by atoms with Crippen LogP contribution >= 0.6 is 0 Å². The first kappa shape index (κ1) is 14.5. The van der Waals surface area contributed by atoms with E-state index in [2.05, 4.69) is 17.0 Å². The molecule has 20 heavy (non-hydrogen) atoms. The number of hydrogen-bond donors (Lipinski definition) is 1. The fraction of sp³-hybridized carbons (Fsp3) is 0.467. The Hall–Kier alpha value is -1.88. The largest absolute Gasteiger partial charge is 0.485 e. The van der Waals surface area contributed by atoms with Crippen LogP contribution in [0.5, 0.6) is 5.75 Å². The fourth-order valence-electron chi connectivity index (χ4n) is 2.07. The summed E-state index contributed by atoms with van der Waals surface area (Å²) in [6, 6.07) is 5.80. The second kappa shape index (κ2) is 6.52.